The Hall–Kier alpha value is -0.401. The Morgan fingerprint density at radius 3 is 1.06 bits per heavy atom. The Balaban J connectivity index is 1.91. The molecule has 1 heterocycles. The van der Waals surface area contributed by atoms with E-state index in [4.69, 9.17) is 9.47 Å². The Labute approximate surface area is 200 Å². The standard InChI is InChI=1S/C28H52O2Se/c1-3-5-7-9-11-13-15-17-19-21-23-29-27-25-31-26-28(27)30-24-22-20-18-16-14-12-10-8-6-4-2/h25-26H,3-24H2,1-2H3. The average molecular weight is 500 g/mol. The second-order valence-corrected chi connectivity index (χ2v) is 10.7. The SMILES string of the molecule is CCCCCCCCCCCCOc1c[se]cc1OCCCCCCCCCCCC. The minimum absolute atomic E-state index is 0.417. The monoisotopic (exact) mass is 500 g/mol. The van der Waals surface area contributed by atoms with E-state index >= 15 is 0 Å². The van der Waals surface area contributed by atoms with E-state index in [0.29, 0.717) is 14.5 Å². The Kier molecular flexibility index (Phi) is 21.0. The van der Waals surface area contributed by atoms with Crippen LogP contribution in [0.25, 0.3) is 0 Å². The third-order valence-corrected chi connectivity index (χ3v) is 7.57. The number of rotatable bonds is 24. The second kappa shape index (κ2) is 22.8. The van der Waals surface area contributed by atoms with Gasteiger partial charge in [0.15, 0.2) is 0 Å². The summed E-state index contributed by atoms with van der Waals surface area (Å²) >= 11 is 0.417. The molecule has 0 aliphatic heterocycles. The Morgan fingerprint density at radius 1 is 0.452 bits per heavy atom. The molecule has 3 heteroatoms. The van der Waals surface area contributed by atoms with Gasteiger partial charge in [-0.2, -0.15) is 0 Å². The molecule has 1 rings (SSSR count). The topological polar surface area (TPSA) is 18.5 Å². The van der Waals surface area contributed by atoms with E-state index in [1.165, 1.54) is 128 Å². The molecule has 0 atom stereocenters. The summed E-state index contributed by atoms with van der Waals surface area (Å²) in [5, 5.41) is 0. The fourth-order valence-electron chi connectivity index (χ4n) is 4.03. The summed E-state index contributed by atoms with van der Waals surface area (Å²) in [6, 6.07) is 0. The van der Waals surface area contributed by atoms with Crippen LogP contribution in [-0.4, -0.2) is 27.7 Å². The minimum atomic E-state index is 0.417. The number of unbranched alkanes of at least 4 members (excludes halogenated alkanes) is 18. The first kappa shape index (κ1) is 28.6. The van der Waals surface area contributed by atoms with Gasteiger partial charge in [-0.25, -0.2) is 0 Å². The van der Waals surface area contributed by atoms with Crippen LogP contribution in [0.1, 0.15) is 142 Å². The van der Waals surface area contributed by atoms with Crippen molar-refractivity contribution in [3.63, 3.8) is 0 Å². The summed E-state index contributed by atoms with van der Waals surface area (Å²) in [5.74, 6) is 2.03. The van der Waals surface area contributed by atoms with Crippen molar-refractivity contribution in [2.45, 2.75) is 142 Å². The molecule has 0 aromatic carbocycles. The van der Waals surface area contributed by atoms with Crippen LogP contribution in [0, 0.1) is 0 Å². The zero-order valence-electron chi connectivity index (χ0n) is 20.9. The summed E-state index contributed by atoms with van der Waals surface area (Å²) in [5.41, 5.74) is 0. The summed E-state index contributed by atoms with van der Waals surface area (Å²) in [6.45, 7) is 6.26. The zero-order chi connectivity index (χ0) is 22.2. The van der Waals surface area contributed by atoms with E-state index in [2.05, 4.69) is 23.7 Å². The van der Waals surface area contributed by atoms with Crippen LogP contribution < -0.4 is 9.47 Å². The van der Waals surface area contributed by atoms with Gasteiger partial charge in [-0.1, -0.05) is 39.5 Å². The van der Waals surface area contributed by atoms with Gasteiger partial charge in [0.25, 0.3) is 0 Å². The maximum atomic E-state index is 6.02. The van der Waals surface area contributed by atoms with Crippen LogP contribution in [0.4, 0.5) is 0 Å². The smallest absolute Gasteiger partial charge is 0.0654 e. The van der Waals surface area contributed by atoms with Gasteiger partial charge in [-0.3, -0.25) is 0 Å². The van der Waals surface area contributed by atoms with Crippen LogP contribution in [0.3, 0.4) is 0 Å². The van der Waals surface area contributed by atoms with Gasteiger partial charge in [0.2, 0.25) is 0 Å². The molecule has 0 saturated carbocycles. The van der Waals surface area contributed by atoms with Crippen LogP contribution in [-0.2, 0) is 0 Å². The molecule has 0 N–H and O–H groups in total. The molecule has 0 radical (unpaired) electrons. The first-order valence-electron chi connectivity index (χ1n) is 13.7. The molecule has 1 aromatic rings. The fraction of sp³-hybridized carbons (Fsp3) is 0.857. The first-order valence-corrected chi connectivity index (χ1v) is 15.7. The fourth-order valence-corrected chi connectivity index (χ4v) is 5.46. The summed E-state index contributed by atoms with van der Waals surface area (Å²) in [7, 11) is 0. The van der Waals surface area contributed by atoms with Crippen LogP contribution in [0.15, 0.2) is 9.88 Å². The van der Waals surface area contributed by atoms with Crippen molar-refractivity contribution in [3.8, 4) is 11.5 Å². The normalized spacial score (nSPS) is 11.2. The third kappa shape index (κ3) is 17.8. The predicted octanol–water partition coefficient (Wildman–Crippen LogP) is 9.34. The van der Waals surface area contributed by atoms with Crippen LogP contribution in [0.2, 0.25) is 0 Å². The van der Waals surface area contributed by atoms with E-state index in [1.54, 1.807) is 0 Å². The van der Waals surface area contributed by atoms with E-state index in [0.717, 1.165) is 24.7 Å². The molecule has 2 nitrogen and oxygen atoms in total. The van der Waals surface area contributed by atoms with Gasteiger partial charge in [-0.05, 0) is 0 Å². The van der Waals surface area contributed by atoms with E-state index < -0.39 is 0 Å². The van der Waals surface area contributed by atoms with E-state index in [9.17, 15) is 0 Å². The number of ether oxygens (including phenoxy) is 2. The Morgan fingerprint density at radius 2 is 0.742 bits per heavy atom. The van der Waals surface area contributed by atoms with Crippen molar-refractivity contribution in [2.24, 2.45) is 0 Å². The van der Waals surface area contributed by atoms with Crippen molar-refractivity contribution in [3.05, 3.63) is 9.88 Å². The van der Waals surface area contributed by atoms with Crippen molar-refractivity contribution in [2.75, 3.05) is 13.2 Å². The molecule has 0 spiro atoms. The molecular formula is C28H52O2Se. The summed E-state index contributed by atoms with van der Waals surface area (Å²) < 4.78 is 12.0. The zero-order valence-corrected chi connectivity index (χ0v) is 22.6. The quantitative estimate of drug-likeness (QED) is 0.104. The molecule has 0 bridgehead atoms. The molecule has 31 heavy (non-hydrogen) atoms. The predicted molar refractivity (Wildman–Crippen MR) is 138 cm³/mol. The molecule has 0 aliphatic carbocycles. The van der Waals surface area contributed by atoms with Crippen LogP contribution >= 0.6 is 0 Å². The molecule has 0 aliphatic rings. The molecular weight excluding hydrogens is 447 g/mol. The molecule has 0 fully saturated rings. The van der Waals surface area contributed by atoms with Crippen molar-refractivity contribution < 1.29 is 9.47 Å². The molecule has 0 saturated heterocycles. The molecule has 1 aromatic heterocycles. The van der Waals surface area contributed by atoms with E-state index in [-0.39, 0.29) is 0 Å². The van der Waals surface area contributed by atoms with Crippen LogP contribution in [0.5, 0.6) is 11.5 Å². The van der Waals surface area contributed by atoms with Gasteiger partial charge >= 0.3 is 161 Å². The molecule has 182 valence electrons. The van der Waals surface area contributed by atoms with Gasteiger partial charge < -0.3 is 0 Å². The summed E-state index contributed by atoms with van der Waals surface area (Å²) in [6.07, 6.45) is 27.4. The average Bonchev–Trinajstić information content (AvgIpc) is 3.23. The van der Waals surface area contributed by atoms with Crippen molar-refractivity contribution in [1.29, 1.82) is 0 Å². The maximum absolute atomic E-state index is 6.02. The Bertz CT molecular complexity index is 431. The first-order chi connectivity index (χ1) is 15.4. The van der Waals surface area contributed by atoms with Gasteiger partial charge in [-0.15, -0.1) is 0 Å². The minimum Gasteiger partial charge on any atom is -0.0654 e. The van der Waals surface area contributed by atoms with E-state index in [1.807, 2.05) is 0 Å². The number of hydrogen-bond acceptors (Lipinski definition) is 2. The summed E-state index contributed by atoms with van der Waals surface area (Å²) in [4.78, 5) is 4.47. The van der Waals surface area contributed by atoms with Crippen molar-refractivity contribution in [1.82, 2.24) is 0 Å². The van der Waals surface area contributed by atoms with Gasteiger partial charge in [0, 0.05) is 0 Å². The van der Waals surface area contributed by atoms with Gasteiger partial charge in [0.05, 0.1) is 0 Å². The molecule has 0 unspecified atom stereocenters. The van der Waals surface area contributed by atoms with Crippen molar-refractivity contribution >= 4 is 14.5 Å². The third-order valence-electron chi connectivity index (χ3n) is 6.10. The number of hydrogen-bond donors (Lipinski definition) is 0. The van der Waals surface area contributed by atoms with Gasteiger partial charge in [0.1, 0.15) is 0 Å². The molecule has 0 amide bonds. The second-order valence-electron chi connectivity index (χ2n) is 9.16.